The van der Waals surface area contributed by atoms with Gasteiger partial charge in [-0.2, -0.15) is 0 Å². The molecule has 0 unspecified atom stereocenters. The average Bonchev–Trinajstić information content (AvgIpc) is 2.25. The van der Waals surface area contributed by atoms with Crippen LogP contribution < -0.4 is 11.5 Å². The maximum absolute atomic E-state index is 5.65. The highest BCUT2D eigenvalue weighted by Crippen LogP contribution is 2.13. The fraction of sp³-hybridized carbons (Fsp3) is 0.143. The van der Waals surface area contributed by atoms with E-state index < -0.39 is 0 Å². The van der Waals surface area contributed by atoms with Gasteiger partial charge in [-0.1, -0.05) is 25.0 Å². The molecule has 0 atom stereocenters. The molecule has 0 amide bonds. The molecule has 0 radical (unpaired) electrons. The molecule has 0 bridgehead atoms. The summed E-state index contributed by atoms with van der Waals surface area (Å²) >= 11 is 0. The van der Waals surface area contributed by atoms with E-state index in [1.807, 2.05) is 12.2 Å². The van der Waals surface area contributed by atoms with E-state index in [1.54, 1.807) is 12.2 Å². The van der Waals surface area contributed by atoms with Crippen LogP contribution in [-0.4, -0.2) is 0 Å². The lowest BCUT2D eigenvalue weighted by Gasteiger charge is -2.05. The highest BCUT2D eigenvalue weighted by atomic mass is 14.6. The molecule has 1 rings (SSSR count). The van der Waals surface area contributed by atoms with Gasteiger partial charge in [0.25, 0.3) is 0 Å². The zero-order chi connectivity index (χ0) is 12.0. The molecule has 2 heteroatoms. The molecule has 82 valence electrons. The van der Waals surface area contributed by atoms with Crippen molar-refractivity contribution >= 4 is 0 Å². The van der Waals surface area contributed by atoms with E-state index in [0.717, 1.165) is 29.7 Å². The van der Waals surface area contributed by atoms with Crippen LogP contribution in [0, 0.1) is 11.8 Å². The van der Waals surface area contributed by atoms with Gasteiger partial charge >= 0.3 is 0 Å². The Labute approximate surface area is 96.7 Å². The molecular formula is C14H16N2. The summed E-state index contributed by atoms with van der Waals surface area (Å²) in [6.45, 7) is 7.36. The summed E-state index contributed by atoms with van der Waals surface area (Å²) in [5.41, 5.74) is 14.2. The topological polar surface area (TPSA) is 52.0 Å². The monoisotopic (exact) mass is 212 g/mol. The highest BCUT2D eigenvalue weighted by Gasteiger charge is 1.99. The smallest absolute Gasteiger partial charge is 0.0241 e. The van der Waals surface area contributed by atoms with E-state index in [1.165, 1.54) is 0 Å². The van der Waals surface area contributed by atoms with Crippen LogP contribution in [0.15, 0.2) is 60.0 Å². The first kappa shape index (κ1) is 11.9. The molecule has 0 saturated heterocycles. The fourth-order valence-electron chi connectivity index (χ4n) is 1.17. The van der Waals surface area contributed by atoms with Crippen LogP contribution in [0.3, 0.4) is 0 Å². The van der Waals surface area contributed by atoms with Gasteiger partial charge in [0.2, 0.25) is 0 Å². The van der Waals surface area contributed by atoms with Gasteiger partial charge in [-0.15, -0.1) is 0 Å². The molecule has 0 spiro atoms. The van der Waals surface area contributed by atoms with E-state index in [0.29, 0.717) is 5.70 Å². The third kappa shape index (κ3) is 4.39. The minimum Gasteiger partial charge on any atom is -0.402 e. The second kappa shape index (κ2) is 5.67. The van der Waals surface area contributed by atoms with Crippen LogP contribution in [0.5, 0.6) is 0 Å². The molecule has 0 aliphatic heterocycles. The van der Waals surface area contributed by atoms with Crippen LogP contribution in [0.1, 0.15) is 12.8 Å². The molecule has 4 N–H and O–H groups in total. The summed E-state index contributed by atoms with van der Waals surface area (Å²) in [6.07, 6.45) is 9.06. The zero-order valence-electron chi connectivity index (χ0n) is 9.29. The summed E-state index contributed by atoms with van der Waals surface area (Å²) in [4.78, 5) is 0. The van der Waals surface area contributed by atoms with Crippen LogP contribution in [0.25, 0.3) is 0 Å². The summed E-state index contributed by atoms with van der Waals surface area (Å²) in [5, 5.41) is 0. The first-order chi connectivity index (χ1) is 7.58. The van der Waals surface area contributed by atoms with Crippen molar-refractivity contribution in [2.75, 3.05) is 0 Å². The third-order valence-electron chi connectivity index (χ3n) is 2.06. The minimum atomic E-state index is 0.496. The molecule has 2 nitrogen and oxygen atoms in total. The maximum Gasteiger partial charge on any atom is 0.0241 e. The van der Waals surface area contributed by atoms with Crippen molar-refractivity contribution in [3.63, 3.8) is 0 Å². The van der Waals surface area contributed by atoms with E-state index in [-0.39, 0.29) is 0 Å². The van der Waals surface area contributed by atoms with Crippen molar-refractivity contribution < 1.29 is 0 Å². The molecule has 0 aromatic heterocycles. The van der Waals surface area contributed by atoms with Crippen molar-refractivity contribution in [3.8, 4) is 11.8 Å². The number of allylic oxidation sites excluding steroid dienone is 7. The van der Waals surface area contributed by atoms with E-state index in [2.05, 4.69) is 25.0 Å². The molecule has 0 aromatic rings. The van der Waals surface area contributed by atoms with Crippen LogP contribution >= 0.6 is 0 Å². The molecule has 0 aromatic carbocycles. The molecule has 0 heterocycles. The van der Waals surface area contributed by atoms with Gasteiger partial charge in [0, 0.05) is 22.5 Å². The van der Waals surface area contributed by atoms with Gasteiger partial charge in [-0.05, 0) is 37.1 Å². The summed E-state index contributed by atoms with van der Waals surface area (Å²) in [7, 11) is 0. The molecule has 1 aliphatic rings. The number of hydrogen-bond acceptors (Lipinski definition) is 2. The largest absolute Gasteiger partial charge is 0.402 e. The maximum atomic E-state index is 5.65. The Morgan fingerprint density at radius 2 is 2.00 bits per heavy atom. The average molecular weight is 212 g/mol. The molecule has 16 heavy (non-hydrogen) atoms. The van der Waals surface area contributed by atoms with Crippen molar-refractivity contribution in [3.05, 3.63) is 60.0 Å². The van der Waals surface area contributed by atoms with E-state index >= 15 is 0 Å². The number of hydrogen-bond donors (Lipinski definition) is 2. The Bertz CT molecular complexity index is 451. The van der Waals surface area contributed by atoms with Crippen molar-refractivity contribution in [1.29, 1.82) is 0 Å². The first-order valence-electron chi connectivity index (χ1n) is 5.06. The Morgan fingerprint density at radius 3 is 2.56 bits per heavy atom. The minimum absolute atomic E-state index is 0.496. The predicted molar refractivity (Wildman–Crippen MR) is 69.0 cm³/mol. The van der Waals surface area contributed by atoms with Gasteiger partial charge in [-0.25, -0.2) is 0 Å². The lowest BCUT2D eigenvalue weighted by atomic mass is 10.0. The van der Waals surface area contributed by atoms with Crippen molar-refractivity contribution in [2.45, 2.75) is 12.8 Å². The summed E-state index contributed by atoms with van der Waals surface area (Å²) in [6, 6.07) is 0. The van der Waals surface area contributed by atoms with Gasteiger partial charge < -0.3 is 11.5 Å². The number of nitrogens with two attached hydrogens (primary N) is 2. The Balaban J connectivity index is 2.62. The lowest BCUT2D eigenvalue weighted by molar-refractivity contribution is 0.919. The first-order valence-corrected chi connectivity index (χ1v) is 5.06. The zero-order valence-corrected chi connectivity index (χ0v) is 9.29. The highest BCUT2D eigenvalue weighted by molar-refractivity contribution is 5.44. The molecule has 0 fully saturated rings. The molecule has 1 aliphatic carbocycles. The molecule has 0 saturated carbocycles. The Hall–Kier alpha value is -2.14. The normalized spacial score (nSPS) is 14.8. The predicted octanol–water partition coefficient (Wildman–Crippen LogP) is 2.14. The summed E-state index contributed by atoms with van der Waals surface area (Å²) in [5.74, 6) is 6.01. The van der Waals surface area contributed by atoms with Gasteiger partial charge in [0.15, 0.2) is 0 Å². The fourth-order valence-corrected chi connectivity index (χ4v) is 1.17. The molecular weight excluding hydrogens is 196 g/mol. The Kier molecular flexibility index (Phi) is 4.23. The van der Waals surface area contributed by atoms with E-state index in [4.69, 9.17) is 11.5 Å². The second-order valence-corrected chi connectivity index (χ2v) is 3.62. The van der Waals surface area contributed by atoms with Crippen LogP contribution in [-0.2, 0) is 0 Å². The third-order valence-corrected chi connectivity index (χ3v) is 2.06. The van der Waals surface area contributed by atoms with Gasteiger partial charge in [0.1, 0.15) is 0 Å². The van der Waals surface area contributed by atoms with Crippen LogP contribution in [0.4, 0.5) is 0 Å². The van der Waals surface area contributed by atoms with Crippen molar-refractivity contribution in [2.24, 2.45) is 11.5 Å². The lowest BCUT2D eigenvalue weighted by Crippen LogP contribution is -2.00. The Morgan fingerprint density at radius 1 is 1.25 bits per heavy atom. The van der Waals surface area contributed by atoms with Crippen LogP contribution in [0.2, 0.25) is 0 Å². The van der Waals surface area contributed by atoms with E-state index in [9.17, 15) is 0 Å². The van der Waals surface area contributed by atoms with Gasteiger partial charge in [-0.3, -0.25) is 0 Å². The summed E-state index contributed by atoms with van der Waals surface area (Å²) < 4.78 is 0. The second-order valence-electron chi connectivity index (χ2n) is 3.62. The number of rotatable bonds is 2. The SMILES string of the molecule is C=C(N)/C=C\C(=C)C#CC1=CC=C(N)CC1. The van der Waals surface area contributed by atoms with Gasteiger partial charge in [0.05, 0.1) is 0 Å². The quantitative estimate of drug-likeness (QED) is 0.544. The van der Waals surface area contributed by atoms with Crippen molar-refractivity contribution in [1.82, 2.24) is 0 Å². The standard InChI is InChI=1S/C14H16N2/c1-11(3-5-12(2)15)4-6-13-7-9-14(16)10-8-13/h3,5,7,9H,1-2,8,10,15-16H2/b5-3-.